The normalized spacial score (nSPS) is 18.3. The topological polar surface area (TPSA) is 76.5 Å². The molecule has 180 valence electrons. The lowest BCUT2D eigenvalue weighted by Gasteiger charge is -2.41. The summed E-state index contributed by atoms with van der Waals surface area (Å²) in [4.78, 5) is 32.6. The van der Waals surface area contributed by atoms with Crippen LogP contribution in [0.3, 0.4) is 0 Å². The molecule has 7 heteroatoms. The summed E-state index contributed by atoms with van der Waals surface area (Å²) in [5.74, 6) is 0.522. The highest BCUT2D eigenvalue weighted by Gasteiger charge is 2.41. The number of fused-ring (bicyclic) bond motifs is 1. The molecule has 2 heterocycles. The number of hydrogen-bond donors (Lipinski definition) is 1. The molecule has 34 heavy (non-hydrogen) atoms. The fourth-order valence-electron chi connectivity index (χ4n) is 4.90. The van der Waals surface area contributed by atoms with Gasteiger partial charge in [-0.05, 0) is 37.5 Å². The van der Waals surface area contributed by atoms with Crippen molar-refractivity contribution < 1.29 is 14.3 Å². The van der Waals surface area contributed by atoms with Gasteiger partial charge in [-0.3, -0.25) is 9.59 Å². The van der Waals surface area contributed by atoms with Gasteiger partial charge in [0.2, 0.25) is 11.8 Å². The Kier molecular flexibility index (Phi) is 7.83. The number of aromatic nitrogens is 2. The molecule has 1 saturated heterocycles. The highest BCUT2D eigenvalue weighted by Crippen LogP contribution is 2.40. The summed E-state index contributed by atoms with van der Waals surface area (Å²) in [7, 11) is 1.63. The summed E-state index contributed by atoms with van der Waals surface area (Å²) in [5, 5.41) is 3.14. The number of methoxy groups -OCH3 is 1. The monoisotopic (exact) mass is 462 g/mol. The molecule has 1 fully saturated rings. The van der Waals surface area contributed by atoms with E-state index in [0.29, 0.717) is 31.7 Å². The van der Waals surface area contributed by atoms with Crippen molar-refractivity contribution >= 4 is 22.8 Å². The molecule has 4 rings (SSSR count). The number of rotatable bonds is 10. The number of imidazole rings is 1. The molecule has 0 unspecified atom stereocenters. The van der Waals surface area contributed by atoms with Crippen LogP contribution in [-0.2, 0) is 16.1 Å². The number of carbonyl (C=O) groups excluding carboxylic acids is 2. The minimum absolute atomic E-state index is 0.000365. The second-order valence-electron chi connectivity index (χ2n) is 8.84. The van der Waals surface area contributed by atoms with Gasteiger partial charge < -0.3 is 19.5 Å². The maximum absolute atomic E-state index is 13.4. The highest BCUT2D eigenvalue weighted by atomic mass is 16.5. The molecule has 1 aliphatic heterocycles. The van der Waals surface area contributed by atoms with Gasteiger partial charge in [0.25, 0.3) is 0 Å². The number of ether oxygens (including phenoxy) is 1. The van der Waals surface area contributed by atoms with Crippen LogP contribution in [0.1, 0.15) is 50.6 Å². The number of nitrogens with one attached hydrogen (secondary N) is 1. The van der Waals surface area contributed by atoms with Crippen LogP contribution < -0.4 is 10.1 Å². The van der Waals surface area contributed by atoms with Crippen molar-refractivity contribution in [1.82, 2.24) is 19.8 Å². The first kappa shape index (κ1) is 23.8. The van der Waals surface area contributed by atoms with Crippen LogP contribution in [0.25, 0.3) is 11.0 Å². The predicted molar refractivity (Wildman–Crippen MR) is 132 cm³/mol. The standard InChI is InChI=1S/C27H34N4O3/c1-3-4-18-31-25(32)15-14-21(26(31)20-10-5-8-13-24(20)34-2)27(33)28-16-9-17-30-19-29-22-11-6-7-12-23(22)30/h5-8,10-13,19,21,26H,3-4,9,14-18H2,1-2H3,(H,28,33)/t21-,26-/m0/s1. The van der Waals surface area contributed by atoms with Crippen LogP contribution in [0.15, 0.2) is 54.9 Å². The summed E-state index contributed by atoms with van der Waals surface area (Å²) in [5.41, 5.74) is 2.98. The molecule has 7 nitrogen and oxygen atoms in total. The fraction of sp³-hybridized carbons (Fsp3) is 0.444. The van der Waals surface area contributed by atoms with E-state index in [-0.39, 0.29) is 23.8 Å². The van der Waals surface area contributed by atoms with E-state index in [1.807, 2.05) is 53.7 Å². The molecule has 2 amide bonds. The number of likely N-dealkylation sites (tertiary alicyclic amines) is 1. The van der Waals surface area contributed by atoms with E-state index >= 15 is 0 Å². The minimum atomic E-state index is -0.318. The minimum Gasteiger partial charge on any atom is -0.496 e. The van der Waals surface area contributed by atoms with E-state index in [4.69, 9.17) is 4.74 Å². The largest absolute Gasteiger partial charge is 0.496 e. The number of hydrogen-bond acceptors (Lipinski definition) is 4. The Morgan fingerprint density at radius 3 is 2.74 bits per heavy atom. The summed E-state index contributed by atoms with van der Waals surface area (Å²) in [6.45, 7) is 4.11. The smallest absolute Gasteiger partial charge is 0.225 e. The van der Waals surface area contributed by atoms with Gasteiger partial charge in [0.1, 0.15) is 5.75 Å². The third kappa shape index (κ3) is 5.08. The zero-order chi connectivity index (χ0) is 23.9. The van der Waals surface area contributed by atoms with Crippen molar-refractivity contribution in [2.45, 2.75) is 51.6 Å². The summed E-state index contributed by atoms with van der Waals surface area (Å²) >= 11 is 0. The van der Waals surface area contributed by atoms with Crippen molar-refractivity contribution in [3.63, 3.8) is 0 Å². The summed E-state index contributed by atoms with van der Waals surface area (Å²) in [6, 6.07) is 15.5. The number of para-hydroxylation sites is 3. The zero-order valence-corrected chi connectivity index (χ0v) is 20.1. The average Bonchev–Trinajstić information content (AvgIpc) is 3.28. The molecule has 1 aromatic heterocycles. The second-order valence-corrected chi connectivity index (χ2v) is 8.84. The number of carbonyl (C=O) groups is 2. The highest BCUT2D eigenvalue weighted by molar-refractivity contribution is 5.85. The molecule has 0 aliphatic carbocycles. The van der Waals surface area contributed by atoms with E-state index in [1.54, 1.807) is 7.11 Å². The molecule has 0 saturated carbocycles. The summed E-state index contributed by atoms with van der Waals surface area (Å²) in [6.07, 6.45) is 5.49. The number of aryl methyl sites for hydroxylation is 1. The Labute approximate surface area is 201 Å². The summed E-state index contributed by atoms with van der Waals surface area (Å²) < 4.78 is 7.73. The molecule has 2 aromatic carbocycles. The van der Waals surface area contributed by atoms with Crippen LogP contribution in [0.2, 0.25) is 0 Å². The molecule has 0 radical (unpaired) electrons. The predicted octanol–water partition coefficient (Wildman–Crippen LogP) is 4.33. The molecule has 0 bridgehead atoms. The Hall–Kier alpha value is -3.35. The molecule has 1 N–H and O–H groups in total. The lowest BCUT2D eigenvalue weighted by atomic mass is 9.83. The quantitative estimate of drug-likeness (QED) is 0.455. The van der Waals surface area contributed by atoms with Gasteiger partial charge >= 0.3 is 0 Å². The number of amides is 2. The van der Waals surface area contributed by atoms with E-state index in [9.17, 15) is 9.59 Å². The zero-order valence-electron chi connectivity index (χ0n) is 20.1. The average molecular weight is 463 g/mol. The van der Waals surface area contributed by atoms with Crippen molar-refractivity contribution in [3.8, 4) is 5.75 Å². The Balaban J connectivity index is 1.46. The van der Waals surface area contributed by atoms with Gasteiger partial charge in [-0.15, -0.1) is 0 Å². The molecule has 1 aliphatic rings. The second kappa shape index (κ2) is 11.2. The van der Waals surface area contributed by atoms with Crippen LogP contribution in [-0.4, -0.2) is 46.5 Å². The van der Waals surface area contributed by atoms with Gasteiger partial charge in [0, 0.05) is 31.6 Å². The van der Waals surface area contributed by atoms with Crippen molar-refractivity contribution in [3.05, 3.63) is 60.4 Å². The maximum atomic E-state index is 13.4. The van der Waals surface area contributed by atoms with Crippen molar-refractivity contribution in [2.24, 2.45) is 5.92 Å². The number of piperidine rings is 1. The van der Waals surface area contributed by atoms with E-state index in [0.717, 1.165) is 42.4 Å². The van der Waals surface area contributed by atoms with Gasteiger partial charge in [0.05, 0.1) is 36.4 Å². The van der Waals surface area contributed by atoms with Gasteiger partial charge in [0.15, 0.2) is 0 Å². The van der Waals surface area contributed by atoms with E-state index < -0.39 is 0 Å². The molecular weight excluding hydrogens is 428 g/mol. The molecule has 2 atom stereocenters. The molecular formula is C27H34N4O3. The van der Waals surface area contributed by atoms with E-state index in [2.05, 4.69) is 27.9 Å². The number of benzene rings is 2. The number of nitrogens with zero attached hydrogens (tertiary/aromatic N) is 3. The Bertz CT molecular complexity index is 1130. The lowest BCUT2D eigenvalue weighted by Crippen LogP contribution is -2.48. The first-order valence-corrected chi connectivity index (χ1v) is 12.2. The van der Waals surface area contributed by atoms with Crippen molar-refractivity contribution in [2.75, 3.05) is 20.2 Å². The van der Waals surface area contributed by atoms with Gasteiger partial charge in [-0.2, -0.15) is 0 Å². The third-order valence-electron chi connectivity index (χ3n) is 6.66. The van der Waals surface area contributed by atoms with Crippen LogP contribution >= 0.6 is 0 Å². The fourth-order valence-corrected chi connectivity index (χ4v) is 4.90. The maximum Gasteiger partial charge on any atom is 0.225 e. The lowest BCUT2D eigenvalue weighted by molar-refractivity contribution is -0.143. The Morgan fingerprint density at radius 2 is 1.91 bits per heavy atom. The van der Waals surface area contributed by atoms with Crippen LogP contribution in [0, 0.1) is 5.92 Å². The van der Waals surface area contributed by atoms with E-state index in [1.165, 1.54) is 0 Å². The van der Waals surface area contributed by atoms with Crippen LogP contribution in [0.4, 0.5) is 0 Å². The third-order valence-corrected chi connectivity index (χ3v) is 6.66. The molecule has 0 spiro atoms. The van der Waals surface area contributed by atoms with Crippen molar-refractivity contribution in [1.29, 1.82) is 0 Å². The Morgan fingerprint density at radius 1 is 1.12 bits per heavy atom. The van der Waals surface area contributed by atoms with Gasteiger partial charge in [-0.25, -0.2) is 4.98 Å². The van der Waals surface area contributed by atoms with Gasteiger partial charge in [-0.1, -0.05) is 43.7 Å². The first-order valence-electron chi connectivity index (χ1n) is 12.2. The van der Waals surface area contributed by atoms with Crippen LogP contribution in [0.5, 0.6) is 5.75 Å². The molecule has 3 aromatic rings. The number of unbranched alkanes of at least 4 members (excludes halogenated alkanes) is 1. The first-order chi connectivity index (χ1) is 16.6. The SMILES string of the molecule is CCCCN1C(=O)CC[C@H](C(=O)NCCCn2cnc3ccccc32)[C@@H]1c1ccccc1OC.